The molecule has 0 saturated carbocycles. The first-order valence-electron chi connectivity index (χ1n) is 5.32. The average Bonchev–Trinajstić information content (AvgIpc) is 2.59. The van der Waals surface area contributed by atoms with Crippen LogP contribution >= 0.6 is 0 Å². The van der Waals surface area contributed by atoms with Crippen LogP contribution in [0.3, 0.4) is 0 Å². The molecule has 2 heterocycles. The summed E-state index contributed by atoms with van der Waals surface area (Å²) in [7, 11) is 0. The van der Waals surface area contributed by atoms with Crippen LogP contribution in [0.4, 0.5) is 0 Å². The summed E-state index contributed by atoms with van der Waals surface area (Å²) in [5.74, 6) is 0.0494. The Morgan fingerprint density at radius 1 is 1.56 bits per heavy atom. The second-order valence-electron chi connectivity index (χ2n) is 4.26. The summed E-state index contributed by atoms with van der Waals surface area (Å²) in [6.45, 7) is 3.15. The average molecular weight is 221 g/mol. The molecule has 1 aliphatic rings. The van der Waals surface area contributed by atoms with Crippen molar-refractivity contribution < 1.29 is 4.79 Å². The van der Waals surface area contributed by atoms with Crippen LogP contribution in [-0.2, 0) is 0 Å². The van der Waals surface area contributed by atoms with E-state index in [0.717, 1.165) is 0 Å². The summed E-state index contributed by atoms with van der Waals surface area (Å²) in [5, 5.41) is 0. The van der Waals surface area contributed by atoms with Gasteiger partial charge in [-0.3, -0.25) is 9.59 Å². The summed E-state index contributed by atoms with van der Waals surface area (Å²) in [6, 6.07) is 3.19. The topological polar surface area (TPSA) is 79.2 Å². The van der Waals surface area contributed by atoms with Gasteiger partial charge in [0.2, 0.25) is 0 Å². The lowest BCUT2D eigenvalue weighted by molar-refractivity contribution is 0.0785. The second kappa shape index (κ2) is 4.09. The zero-order chi connectivity index (χ0) is 11.7. The lowest BCUT2D eigenvalue weighted by Gasteiger charge is -2.14. The van der Waals surface area contributed by atoms with Gasteiger partial charge in [-0.15, -0.1) is 0 Å². The Kier molecular flexibility index (Phi) is 2.78. The molecule has 86 valence electrons. The van der Waals surface area contributed by atoms with Crippen molar-refractivity contribution in [3.8, 4) is 0 Å². The molecule has 1 saturated heterocycles. The standard InChI is InChI=1S/C11H15N3O2/c1-7-5-14(6-9(7)12)11(16)8-3-2-4-13-10(8)15/h2-4,7,9H,5-6,12H2,1H3,(H,13,15). The number of carbonyl (C=O) groups excluding carboxylic acids is 1. The third kappa shape index (κ3) is 1.86. The number of hydrogen-bond donors (Lipinski definition) is 2. The van der Waals surface area contributed by atoms with Crippen LogP contribution in [-0.4, -0.2) is 34.9 Å². The lowest BCUT2D eigenvalue weighted by Crippen LogP contribution is -2.35. The van der Waals surface area contributed by atoms with Crippen molar-refractivity contribution in [3.63, 3.8) is 0 Å². The monoisotopic (exact) mass is 221 g/mol. The lowest BCUT2D eigenvalue weighted by atomic mass is 10.1. The number of aromatic nitrogens is 1. The van der Waals surface area contributed by atoms with Gasteiger partial charge in [-0.05, 0) is 18.1 Å². The largest absolute Gasteiger partial charge is 0.337 e. The van der Waals surface area contributed by atoms with Gasteiger partial charge in [0.15, 0.2) is 0 Å². The van der Waals surface area contributed by atoms with E-state index in [2.05, 4.69) is 4.98 Å². The van der Waals surface area contributed by atoms with Crippen LogP contribution in [0.1, 0.15) is 17.3 Å². The van der Waals surface area contributed by atoms with E-state index < -0.39 is 0 Å². The SMILES string of the molecule is CC1CN(C(=O)c2ccc[nH]c2=O)CC1N. The number of rotatable bonds is 1. The van der Waals surface area contributed by atoms with E-state index in [1.165, 1.54) is 12.3 Å². The van der Waals surface area contributed by atoms with E-state index in [1.807, 2.05) is 6.92 Å². The Hall–Kier alpha value is -1.62. The molecule has 1 fully saturated rings. The van der Waals surface area contributed by atoms with Crippen LogP contribution in [0.5, 0.6) is 0 Å². The first-order valence-corrected chi connectivity index (χ1v) is 5.32. The van der Waals surface area contributed by atoms with Crippen LogP contribution in [0, 0.1) is 5.92 Å². The number of hydrogen-bond acceptors (Lipinski definition) is 3. The number of nitrogens with two attached hydrogens (primary N) is 1. The molecule has 0 bridgehead atoms. The molecule has 0 spiro atoms. The molecular formula is C11H15N3O2. The highest BCUT2D eigenvalue weighted by atomic mass is 16.2. The molecule has 1 aromatic rings. The van der Waals surface area contributed by atoms with E-state index in [0.29, 0.717) is 13.1 Å². The maximum absolute atomic E-state index is 12.0. The third-order valence-corrected chi connectivity index (χ3v) is 3.01. The molecule has 0 aromatic carbocycles. The van der Waals surface area contributed by atoms with Gasteiger partial charge in [0, 0.05) is 25.3 Å². The molecule has 2 unspecified atom stereocenters. The van der Waals surface area contributed by atoms with Crippen LogP contribution < -0.4 is 11.3 Å². The first kappa shape index (κ1) is 10.9. The molecule has 0 radical (unpaired) electrons. The van der Waals surface area contributed by atoms with Crippen molar-refractivity contribution in [1.29, 1.82) is 0 Å². The predicted octanol–water partition coefficient (Wildman–Crippen LogP) is -0.206. The Morgan fingerprint density at radius 3 is 2.88 bits per heavy atom. The Morgan fingerprint density at radius 2 is 2.31 bits per heavy atom. The number of likely N-dealkylation sites (tertiary alicyclic amines) is 1. The molecule has 1 aliphatic heterocycles. The van der Waals surface area contributed by atoms with Crippen molar-refractivity contribution in [2.45, 2.75) is 13.0 Å². The minimum absolute atomic E-state index is 0.00624. The molecule has 0 aliphatic carbocycles. The van der Waals surface area contributed by atoms with Gasteiger partial charge in [0.25, 0.3) is 11.5 Å². The van der Waals surface area contributed by atoms with Crippen molar-refractivity contribution in [2.75, 3.05) is 13.1 Å². The van der Waals surface area contributed by atoms with Gasteiger partial charge in [-0.2, -0.15) is 0 Å². The Bertz CT molecular complexity index is 445. The highest BCUT2D eigenvalue weighted by Gasteiger charge is 2.31. The number of nitrogens with zero attached hydrogens (tertiary/aromatic N) is 1. The normalized spacial score (nSPS) is 24.8. The number of H-pyrrole nitrogens is 1. The summed E-state index contributed by atoms with van der Waals surface area (Å²) >= 11 is 0. The molecule has 5 heteroatoms. The summed E-state index contributed by atoms with van der Waals surface area (Å²) in [6.07, 6.45) is 1.51. The van der Waals surface area contributed by atoms with Gasteiger partial charge in [-0.1, -0.05) is 6.92 Å². The van der Waals surface area contributed by atoms with Gasteiger partial charge in [-0.25, -0.2) is 0 Å². The van der Waals surface area contributed by atoms with Gasteiger partial charge in [0.1, 0.15) is 5.56 Å². The quantitative estimate of drug-likeness (QED) is 0.689. The maximum atomic E-state index is 12.0. The van der Waals surface area contributed by atoms with E-state index in [9.17, 15) is 9.59 Å². The van der Waals surface area contributed by atoms with E-state index >= 15 is 0 Å². The number of nitrogens with one attached hydrogen (secondary N) is 1. The second-order valence-corrected chi connectivity index (χ2v) is 4.26. The summed E-state index contributed by atoms with van der Waals surface area (Å²) < 4.78 is 0. The fourth-order valence-corrected chi connectivity index (χ4v) is 1.92. The highest BCUT2D eigenvalue weighted by Crippen LogP contribution is 2.15. The fraction of sp³-hybridized carbons (Fsp3) is 0.455. The number of aromatic amines is 1. The third-order valence-electron chi connectivity index (χ3n) is 3.01. The smallest absolute Gasteiger partial charge is 0.260 e. The fourth-order valence-electron chi connectivity index (χ4n) is 1.92. The van der Waals surface area contributed by atoms with Crippen LogP contribution in [0.2, 0.25) is 0 Å². The van der Waals surface area contributed by atoms with Crippen LogP contribution in [0.25, 0.3) is 0 Å². The zero-order valence-electron chi connectivity index (χ0n) is 9.14. The minimum atomic E-state index is -0.347. The predicted molar refractivity (Wildman–Crippen MR) is 60.1 cm³/mol. The summed E-state index contributed by atoms with van der Waals surface area (Å²) in [4.78, 5) is 27.6. The van der Waals surface area contributed by atoms with Crippen LogP contribution in [0.15, 0.2) is 23.1 Å². The molecule has 2 rings (SSSR count). The summed E-state index contributed by atoms with van der Waals surface area (Å²) in [5.41, 5.74) is 5.68. The van der Waals surface area contributed by atoms with E-state index in [1.54, 1.807) is 11.0 Å². The molecule has 5 nitrogen and oxygen atoms in total. The van der Waals surface area contributed by atoms with Gasteiger partial charge in [0.05, 0.1) is 0 Å². The minimum Gasteiger partial charge on any atom is -0.337 e. The van der Waals surface area contributed by atoms with Gasteiger partial charge < -0.3 is 15.6 Å². The molecule has 3 N–H and O–H groups in total. The van der Waals surface area contributed by atoms with E-state index in [4.69, 9.17) is 5.73 Å². The van der Waals surface area contributed by atoms with Crippen molar-refractivity contribution >= 4 is 5.91 Å². The molecular weight excluding hydrogens is 206 g/mol. The van der Waals surface area contributed by atoms with Crippen molar-refractivity contribution in [2.24, 2.45) is 11.7 Å². The number of amides is 1. The maximum Gasteiger partial charge on any atom is 0.260 e. The number of pyridine rings is 1. The Balaban J connectivity index is 2.21. The van der Waals surface area contributed by atoms with Gasteiger partial charge >= 0.3 is 0 Å². The molecule has 16 heavy (non-hydrogen) atoms. The molecule has 2 atom stereocenters. The Labute approximate surface area is 93.3 Å². The number of carbonyl (C=O) groups is 1. The highest BCUT2D eigenvalue weighted by molar-refractivity contribution is 5.94. The zero-order valence-corrected chi connectivity index (χ0v) is 9.14. The molecule has 1 aromatic heterocycles. The van der Waals surface area contributed by atoms with Crippen molar-refractivity contribution in [3.05, 3.63) is 34.2 Å². The molecule has 1 amide bonds. The van der Waals surface area contributed by atoms with E-state index in [-0.39, 0.29) is 29.0 Å². The van der Waals surface area contributed by atoms with Crippen molar-refractivity contribution in [1.82, 2.24) is 9.88 Å². The first-order chi connectivity index (χ1) is 7.59.